The predicted octanol–water partition coefficient (Wildman–Crippen LogP) is 2.08. The van der Waals surface area contributed by atoms with E-state index in [1.165, 1.54) is 6.07 Å². The van der Waals surface area contributed by atoms with Crippen molar-refractivity contribution in [2.75, 3.05) is 13.2 Å². The number of hydrogen-bond donors (Lipinski definition) is 1. The highest BCUT2D eigenvalue weighted by atomic mass is 32.2. The van der Waals surface area contributed by atoms with Gasteiger partial charge in [-0.15, -0.1) is 0 Å². The number of hydrogen-bond acceptors (Lipinski definition) is 6. The molecule has 9 heteroatoms. The molecule has 0 bridgehead atoms. The van der Waals surface area contributed by atoms with Gasteiger partial charge >= 0.3 is 6.09 Å². The Morgan fingerprint density at radius 3 is 2.64 bits per heavy atom. The van der Waals surface area contributed by atoms with E-state index in [9.17, 15) is 13.2 Å². The number of nitrogens with two attached hydrogens (primary N) is 1. The molecule has 136 valence electrons. The monoisotopic (exact) mass is 368 g/mol. The SMILES string of the molecule is CC(C)(C)N1C[C@@H](COc2ccc3cc(S(N)(=O)=O)oc3c2)OC1=O. The summed E-state index contributed by atoms with van der Waals surface area (Å²) in [6, 6.07) is 6.28. The van der Waals surface area contributed by atoms with Crippen LogP contribution in [-0.4, -0.2) is 44.2 Å². The predicted molar refractivity (Wildman–Crippen MR) is 89.8 cm³/mol. The minimum Gasteiger partial charge on any atom is -0.490 e. The molecule has 0 radical (unpaired) electrons. The van der Waals surface area contributed by atoms with Crippen LogP contribution in [0, 0.1) is 0 Å². The zero-order valence-electron chi connectivity index (χ0n) is 14.2. The molecule has 0 saturated carbocycles. The van der Waals surface area contributed by atoms with Crippen molar-refractivity contribution in [3.63, 3.8) is 0 Å². The molecule has 1 aromatic heterocycles. The molecule has 1 aliphatic heterocycles. The van der Waals surface area contributed by atoms with Gasteiger partial charge in [-0.25, -0.2) is 18.4 Å². The fourth-order valence-corrected chi connectivity index (χ4v) is 3.06. The summed E-state index contributed by atoms with van der Waals surface area (Å²) in [4.78, 5) is 13.5. The zero-order chi connectivity index (χ0) is 18.4. The Morgan fingerprint density at radius 1 is 1.32 bits per heavy atom. The molecule has 3 rings (SSSR count). The van der Waals surface area contributed by atoms with E-state index in [1.807, 2.05) is 20.8 Å². The van der Waals surface area contributed by atoms with Crippen molar-refractivity contribution < 1.29 is 27.1 Å². The second-order valence-electron chi connectivity index (χ2n) is 6.91. The van der Waals surface area contributed by atoms with Gasteiger partial charge in [0.1, 0.15) is 17.9 Å². The summed E-state index contributed by atoms with van der Waals surface area (Å²) in [5.41, 5.74) is 0.0319. The van der Waals surface area contributed by atoms with Crippen molar-refractivity contribution in [2.24, 2.45) is 5.14 Å². The van der Waals surface area contributed by atoms with Crippen molar-refractivity contribution in [3.05, 3.63) is 24.3 Å². The molecule has 2 aromatic rings. The molecule has 0 unspecified atom stereocenters. The number of sulfonamides is 1. The average Bonchev–Trinajstić information content (AvgIpc) is 3.06. The fraction of sp³-hybridized carbons (Fsp3) is 0.438. The first-order valence-electron chi connectivity index (χ1n) is 7.71. The number of fused-ring (bicyclic) bond motifs is 1. The average molecular weight is 368 g/mol. The summed E-state index contributed by atoms with van der Waals surface area (Å²) in [6.07, 6.45) is -0.737. The lowest BCUT2D eigenvalue weighted by atomic mass is 10.1. The van der Waals surface area contributed by atoms with E-state index in [0.29, 0.717) is 23.3 Å². The Kier molecular flexibility index (Phi) is 4.16. The molecular formula is C16H20N2O6S. The van der Waals surface area contributed by atoms with Gasteiger partial charge in [-0.2, -0.15) is 0 Å². The third-order valence-corrected chi connectivity index (χ3v) is 4.63. The van der Waals surface area contributed by atoms with Gasteiger partial charge in [0.25, 0.3) is 10.0 Å². The quantitative estimate of drug-likeness (QED) is 0.884. The van der Waals surface area contributed by atoms with Crippen LogP contribution in [-0.2, 0) is 14.8 Å². The third-order valence-electron chi connectivity index (χ3n) is 3.87. The highest BCUT2D eigenvalue weighted by Gasteiger charge is 2.38. The first-order chi connectivity index (χ1) is 11.5. The molecule has 25 heavy (non-hydrogen) atoms. The summed E-state index contributed by atoms with van der Waals surface area (Å²) in [5.74, 6) is 0.480. The fourth-order valence-electron chi connectivity index (χ4n) is 2.56. The van der Waals surface area contributed by atoms with E-state index in [4.69, 9.17) is 19.0 Å². The summed E-state index contributed by atoms with van der Waals surface area (Å²) in [5, 5.41) is 5.35. The van der Waals surface area contributed by atoms with E-state index < -0.39 is 10.0 Å². The summed E-state index contributed by atoms with van der Waals surface area (Å²) in [7, 11) is -3.90. The molecule has 1 aliphatic rings. The number of amides is 1. The van der Waals surface area contributed by atoms with Gasteiger partial charge in [0.15, 0.2) is 6.10 Å². The number of ether oxygens (including phenoxy) is 2. The summed E-state index contributed by atoms with van der Waals surface area (Å²) >= 11 is 0. The molecule has 1 saturated heterocycles. The Hall–Kier alpha value is -2.26. The number of carbonyl (C=O) groups is 1. The van der Waals surface area contributed by atoms with Crippen LogP contribution in [0.15, 0.2) is 33.8 Å². The number of nitrogens with zero attached hydrogens (tertiary/aromatic N) is 1. The van der Waals surface area contributed by atoms with Crippen LogP contribution in [0.25, 0.3) is 11.0 Å². The molecule has 0 aliphatic carbocycles. The molecule has 8 nitrogen and oxygen atoms in total. The van der Waals surface area contributed by atoms with Gasteiger partial charge in [-0.3, -0.25) is 4.90 Å². The van der Waals surface area contributed by atoms with Gasteiger partial charge in [0.2, 0.25) is 5.09 Å². The standard InChI is InChI=1S/C16H20N2O6S/c1-16(2,3)18-8-12(23-15(18)19)9-22-11-5-4-10-6-14(25(17,20)21)24-13(10)7-11/h4-7,12H,8-9H2,1-3H3,(H2,17,20,21)/t12-/m0/s1. The number of rotatable bonds is 4. The molecule has 0 spiro atoms. The Bertz CT molecular complexity index is 912. The highest BCUT2D eigenvalue weighted by molar-refractivity contribution is 7.89. The number of furan rings is 1. The first kappa shape index (κ1) is 17.6. The minimum atomic E-state index is -3.90. The molecule has 1 aromatic carbocycles. The number of cyclic esters (lactones) is 1. The van der Waals surface area contributed by atoms with Crippen molar-refractivity contribution in [3.8, 4) is 5.75 Å². The largest absolute Gasteiger partial charge is 0.490 e. The molecule has 1 atom stereocenters. The maximum atomic E-state index is 11.9. The van der Waals surface area contributed by atoms with Crippen LogP contribution in [0.4, 0.5) is 4.79 Å². The lowest BCUT2D eigenvalue weighted by Gasteiger charge is -2.29. The number of primary sulfonamides is 1. The van der Waals surface area contributed by atoms with E-state index in [0.717, 1.165) is 0 Å². The van der Waals surface area contributed by atoms with Crippen molar-refractivity contribution in [1.29, 1.82) is 0 Å². The maximum absolute atomic E-state index is 11.9. The second-order valence-corrected chi connectivity index (χ2v) is 8.40. The van der Waals surface area contributed by atoms with Crippen LogP contribution >= 0.6 is 0 Å². The Labute approximate surface area is 145 Å². The zero-order valence-corrected chi connectivity index (χ0v) is 15.0. The van der Waals surface area contributed by atoms with Gasteiger partial charge in [0, 0.05) is 23.1 Å². The third kappa shape index (κ3) is 3.72. The van der Waals surface area contributed by atoms with E-state index in [-0.39, 0.29) is 29.4 Å². The molecule has 2 heterocycles. The van der Waals surface area contributed by atoms with Gasteiger partial charge in [-0.05, 0) is 32.9 Å². The second kappa shape index (κ2) is 5.92. The van der Waals surface area contributed by atoms with E-state index >= 15 is 0 Å². The maximum Gasteiger partial charge on any atom is 0.410 e. The smallest absolute Gasteiger partial charge is 0.410 e. The van der Waals surface area contributed by atoms with Gasteiger partial charge in [-0.1, -0.05) is 0 Å². The first-order valence-corrected chi connectivity index (χ1v) is 9.26. The van der Waals surface area contributed by atoms with Gasteiger partial charge in [0.05, 0.1) is 6.54 Å². The van der Waals surface area contributed by atoms with E-state index in [1.54, 1.807) is 23.1 Å². The van der Waals surface area contributed by atoms with Crippen LogP contribution in [0.5, 0.6) is 5.75 Å². The summed E-state index contributed by atoms with van der Waals surface area (Å²) < 4.78 is 38.9. The highest BCUT2D eigenvalue weighted by Crippen LogP contribution is 2.27. The van der Waals surface area contributed by atoms with Crippen LogP contribution in [0.1, 0.15) is 20.8 Å². The number of carbonyl (C=O) groups excluding carboxylic acids is 1. The van der Waals surface area contributed by atoms with Crippen molar-refractivity contribution in [1.82, 2.24) is 4.90 Å². The topological polar surface area (TPSA) is 112 Å². The van der Waals surface area contributed by atoms with Crippen molar-refractivity contribution in [2.45, 2.75) is 37.5 Å². The van der Waals surface area contributed by atoms with Gasteiger partial charge < -0.3 is 13.9 Å². The summed E-state index contributed by atoms with van der Waals surface area (Å²) in [6.45, 7) is 6.44. The normalized spacial score (nSPS) is 18.6. The minimum absolute atomic E-state index is 0.187. The Morgan fingerprint density at radius 2 is 2.04 bits per heavy atom. The Balaban J connectivity index is 1.69. The number of benzene rings is 1. The lowest BCUT2D eigenvalue weighted by Crippen LogP contribution is -2.42. The molecule has 1 amide bonds. The molecule has 2 N–H and O–H groups in total. The van der Waals surface area contributed by atoms with E-state index in [2.05, 4.69) is 0 Å². The molecule has 1 fully saturated rings. The van der Waals surface area contributed by atoms with Crippen LogP contribution < -0.4 is 9.88 Å². The molecular weight excluding hydrogens is 348 g/mol. The van der Waals surface area contributed by atoms with Crippen molar-refractivity contribution >= 4 is 27.1 Å². The van der Waals surface area contributed by atoms with Crippen LogP contribution in [0.3, 0.4) is 0 Å². The lowest BCUT2D eigenvalue weighted by molar-refractivity contribution is 0.0993. The van der Waals surface area contributed by atoms with Crippen LogP contribution in [0.2, 0.25) is 0 Å².